The van der Waals surface area contributed by atoms with Gasteiger partial charge in [-0.3, -0.25) is 9.59 Å². The van der Waals surface area contributed by atoms with Crippen molar-refractivity contribution in [2.45, 2.75) is 13.5 Å². The van der Waals surface area contributed by atoms with Crippen molar-refractivity contribution in [1.82, 2.24) is 9.80 Å². The molecule has 3 aromatic rings. The highest BCUT2D eigenvalue weighted by atomic mass is 16.2. The van der Waals surface area contributed by atoms with Crippen LogP contribution in [0.3, 0.4) is 0 Å². The second kappa shape index (κ2) is 10.9. The normalized spacial score (nSPS) is 10.3. The van der Waals surface area contributed by atoms with Crippen LogP contribution in [0.25, 0.3) is 0 Å². The Morgan fingerprint density at radius 2 is 1.21 bits per heavy atom. The van der Waals surface area contributed by atoms with Gasteiger partial charge in [-0.15, -0.1) is 0 Å². The highest BCUT2D eigenvalue weighted by molar-refractivity contribution is 6.00. The van der Waals surface area contributed by atoms with Crippen LogP contribution in [0.4, 0.5) is 16.2 Å². The maximum atomic E-state index is 13.0. The van der Waals surface area contributed by atoms with Crippen molar-refractivity contribution >= 4 is 29.2 Å². The van der Waals surface area contributed by atoms with Crippen LogP contribution in [0.15, 0.2) is 78.9 Å². The van der Waals surface area contributed by atoms with Crippen molar-refractivity contribution in [2.24, 2.45) is 0 Å². The van der Waals surface area contributed by atoms with Gasteiger partial charge in [0.2, 0.25) is 0 Å². The standard InChI is InChI=1S/C26H28N4O3/c1-4-30(18-19-10-12-20(13-11-19)24(31)29(2)3)25(32)21-14-16-23(17-15-21)28-26(33)27-22-8-6-5-7-9-22/h5-17H,4,18H2,1-3H3,(H2,27,28,33). The maximum absolute atomic E-state index is 13.0. The summed E-state index contributed by atoms with van der Waals surface area (Å²) < 4.78 is 0. The van der Waals surface area contributed by atoms with E-state index in [-0.39, 0.29) is 17.8 Å². The molecule has 3 aromatic carbocycles. The smallest absolute Gasteiger partial charge is 0.323 e. The van der Waals surface area contributed by atoms with E-state index < -0.39 is 0 Å². The number of urea groups is 1. The molecule has 33 heavy (non-hydrogen) atoms. The zero-order chi connectivity index (χ0) is 23.8. The van der Waals surface area contributed by atoms with Crippen molar-refractivity contribution in [3.63, 3.8) is 0 Å². The zero-order valence-electron chi connectivity index (χ0n) is 19.0. The third-order valence-electron chi connectivity index (χ3n) is 5.07. The number of carbonyl (C=O) groups is 3. The minimum atomic E-state index is -0.355. The lowest BCUT2D eigenvalue weighted by molar-refractivity contribution is 0.0751. The van der Waals surface area contributed by atoms with Gasteiger partial charge in [0.25, 0.3) is 11.8 Å². The molecule has 0 heterocycles. The molecule has 0 saturated heterocycles. The van der Waals surface area contributed by atoms with Crippen LogP contribution >= 0.6 is 0 Å². The van der Waals surface area contributed by atoms with Crippen molar-refractivity contribution < 1.29 is 14.4 Å². The summed E-state index contributed by atoms with van der Waals surface area (Å²) in [7, 11) is 3.43. The topological polar surface area (TPSA) is 81.8 Å². The number of nitrogens with one attached hydrogen (secondary N) is 2. The van der Waals surface area contributed by atoms with E-state index in [1.54, 1.807) is 67.5 Å². The number of rotatable bonds is 7. The average molecular weight is 445 g/mol. The first-order valence-electron chi connectivity index (χ1n) is 10.7. The Bertz CT molecular complexity index is 1090. The van der Waals surface area contributed by atoms with Gasteiger partial charge < -0.3 is 20.4 Å². The van der Waals surface area contributed by atoms with E-state index in [4.69, 9.17) is 0 Å². The zero-order valence-corrected chi connectivity index (χ0v) is 19.0. The number of nitrogens with zero attached hydrogens (tertiary/aromatic N) is 2. The molecule has 0 unspecified atom stereocenters. The van der Waals surface area contributed by atoms with Crippen molar-refractivity contribution in [3.8, 4) is 0 Å². The SMILES string of the molecule is CCN(Cc1ccc(C(=O)N(C)C)cc1)C(=O)c1ccc(NC(=O)Nc2ccccc2)cc1. The van der Waals surface area contributed by atoms with E-state index in [9.17, 15) is 14.4 Å². The molecule has 0 aliphatic heterocycles. The lowest BCUT2D eigenvalue weighted by Gasteiger charge is -2.21. The molecule has 3 rings (SSSR count). The van der Waals surface area contributed by atoms with E-state index in [1.807, 2.05) is 37.3 Å². The molecule has 0 saturated carbocycles. The second-order valence-corrected chi connectivity index (χ2v) is 7.74. The first kappa shape index (κ1) is 23.5. The fourth-order valence-electron chi connectivity index (χ4n) is 3.25. The van der Waals surface area contributed by atoms with E-state index >= 15 is 0 Å². The Kier molecular flexibility index (Phi) is 7.81. The molecule has 0 spiro atoms. The van der Waals surface area contributed by atoms with Crippen LogP contribution in [-0.2, 0) is 6.54 Å². The Hall–Kier alpha value is -4.13. The van der Waals surface area contributed by atoms with E-state index in [0.29, 0.717) is 35.6 Å². The number of anilines is 2. The third kappa shape index (κ3) is 6.43. The molecule has 170 valence electrons. The van der Waals surface area contributed by atoms with Crippen LogP contribution in [-0.4, -0.2) is 48.3 Å². The summed E-state index contributed by atoms with van der Waals surface area (Å²) in [5.74, 6) is -0.164. The van der Waals surface area contributed by atoms with Gasteiger partial charge in [0.05, 0.1) is 0 Å². The Labute approximate surface area is 194 Å². The van der Waals surface area contributed by atoms with Crippen molar-refractivity contribution in [2.75, 3.05) is 31.3 Å². The lowest BCUT2D eigenvalue weighted by Crippen LogP contribution is -2.30. The highest BCUT2D eigenvalue weighted by Crippen LogP contribution is 2.15. The molecule has 0 aliphatic rings. The van der Waals surface area contributed by atoms with Crippen LogP contribution in [0.2, 0.25) is 0 Å². The molecule has 0 atom stereocenters. The molecule has 0 aliphatic carbocycles. The Morgan fingerprint density at radius 3 is 1.76 bits per heavy atom. The molecular formula is C26H28N4O3. The quantitative estimate of drug-likeness (QED) is 0.554. The van der Waals surface area contributed by atoms with Gasteiger partial charge in [-0.05, 0) is 61.0 Å². The van der Waals surface area contributed by atoms with Crippen LogP contribution in [0.5, 0.6) is 0 Å². The number of amides is 4. The lowest BCUT2D eigenvalue weighted by atomic mass is 10.1. The monoisotopic (exact) mass is 444 g/mol. The summed E-state index contributed by atoms with van der Waals surface area (Å²) in [5, 5.41) is 5.51. The fraction of sp³-hybridized carbons (Fsp3) is 0.192. The van der Waals surface area contributed by atoms with E-state index in [0.717, 1.165) is 5.56 Å². The summed E-state index contributed by atoms with van der Waals surface area (Å²) in [6, 6.07) is 22.9. The minimum Gasteiger partial charge on any atom is -0.345 e. The predicted octanol–water partition coefficient (Wildman–Crippen LogP) is 4.69. The molecule has 0 bridgehead atoms. The highest BCUT2D eigenvalue weighted by Gasteiger charge is 2.15. The number of hydrogen-bond donors (Lipinski definition) is 2. The van der Waals surface area contributed by atoms with Gasteiger partial charge in [-0.1, -0.05) is 30.3 Å². The van der Waals surface area contributed by atoms with Crippen LogP contribution < -0.4 is 10.6 Å². The molecular weight excluding hydrogens is 416 g/mol. The van der Waals surface area contributed by atoms with Gasteiger partial charge in [-0.25, -0.2) is 4.79 Å². The molecule has 0 fully saturated rings. The molecule has 0 aromatic heterocycles. The average Bonchev–Trinajstić information content (AvgIpc) is 2.83. The fourth-order valence-corrected chi connectivity index (χ4v) is 3.25. The van der Waals surface area contributed by atoms with Crippen molar-refractivity contribution in [1.29, 1.82) is 0 Å². The second-order valence-electron chi connectivity index (χ2n) is 7.74. The van der Waals surface area contributed by atoms with E-state index in [2.05, 4.69) is 10.6 Å². The molecule has 0 radical (unpaired) electrons. The number of benzene rings is 3. The van der Waals surface area contributed by atoms with Crippen LogP contribution in [0, 0.1) is 0 Å². The maximum Gasteiger partial charge on any atom is 0.323 e. The van der Waals surface area contributed by atoms with Gasteiger partial charge in [0, 0.05) is 49.7 Å². The first-order chi connectivity index (χ1) is 15.9. The number of carbonyl (C=O) groups excluding carboxylic acids is 3. The molecule has 7 nitrogen and oxygen atoms in total. The van der Waals surface area contributed by atoms with Gasteiger partial charge in [0.1, 0.15) is 0 Å². The van der Waals surface area contributed by atoms with Crippen LogP contribution in [0.1, 0.15) is 33.2 Å². The first-order valence-corrected chi connectivity index (χ1v) is 10.7. The van der Waals surface area contributed by atoms with Crippen molar-refractivity contribution in [3.05, 3.63) is 95.6 Å². The van der Waals surface area contributed by atoms with E-state index in [1.165, 1.54) is 4.90 Å². The number of hydrogen-bond acceptors (Lipinski definition) is 3. The summed E-state index contributed by atoms with van der Waals surface area (Å²) in [5.41, 5.74) is 3.36. The minimum absolute atomic E-state index is 0.0591. The Balaban J connectivity index is 1.60. The van der Waals surface area contributed by atoms with Gasteiger partial charge >= 0.3 is 6.03 Å². The summed E-state index contributed by atoms with van der Waals surface area (Å²) in [6.45, 7) is 2.90. The van der Waals surface area contributed by atoms with Gasteiger partial charge in [0.15, 0.2) is 0 Å². The summed E-state index contributed by atoms with van der Waals surface area (Å²) in [6.07, 6.45) is 0. The summed E-state index contributed by atoms with van der Waals surface area (Å²) >= 11 is 0. The van der Waals surface area contributed by atoms with Gasteiger partial charge in [-0.2, -0.15) is 0 Å². The summed E-state index contributed by atoms with van der Waals surface area (Å²) in [4.78, 5) is 40.4. The number of para-hydroxylation sites is 1. The third-order valence-corrected chi connectivity index (χ3v) is 5.07. The largest absolute Gasteiger partial charge is 0.345 e. The Morgan fingerprint density at radius 1 is 0.697 bits per heavy atom. The predicted molar refractivity (Wildman–Crippen MR) is 130 cm³/mol. The molecule has 7 heteroatoms. The molecule has 2 N–H and O–H groups in total. The molecule has 4 amide bonds.